The number of fused-ring (bicyclic) bond motifs is 1. The van der Waals surface area contributed by atoms with Crippen molar-refractivity contribution in [2.24, 2.45) is 18.0 Å². The van der Waals surface area contributed by atoms with Gasteiger partial charge in [0.05, 0.1) is 15.8 Å². The van der Waals surface area contributed by atoms with E-state index in [9.17, 15) is 4.79 Å². The summed E-state index contributed by atoms with van der Waals surface area (Å²) in [6, 6.07) is 4.94. The van der Waals surface area contributed by atoms with Gasteiger partial charge in [0.25, 0.3) is 0 Å². The molecule has 7 nitrogen and oxygen atoms in total. The first-order valence-corrected chi connectivity index (χ1v) is 5.02. The van der Waals surface area contributed by atoms with Crippen molar-refractivity contribution < 1.29 is 15.4 Å². The summed E-state index contributed by atoms with van der Waals surface area (Å²) in [5, 5.41) is 12.4. The first-order valence-electron chi connectivity index (χ1n) is 4.20. The second kappa shape index (κ2) is 5.43. The van der Waals surface area contributed by atoms with Gasteiger partial charge in [-0.15, -0.1) is 0 Å². The van der Waals surface area contributed by atoms with Crippen LogP contribution in [0.4, 0.5) is 0 Å². The molecule has 8 heteroatoms. The Hall–Kier alpha value is -1.90. The number of aromatic nitrogens is 1. The lowest BCUT2D eigenvalue weighted by atomic mass is 10.2. The standard InChI is InChI=1S/C9H9N3O2S.H3N.H2O/c1-12-6-3-2-5(8(13)14)4-7(6)15-9(12)11-10;;/h2-4H,10H2,1H3,(H,13,14);1H3;1H2. The van der Waals surface area contributed by atoms with Gasteiger partial charge < -0.3 is 27.1 Å². The molecule has 8 N–H and O–H groups in total. The van der Waals surface area contributed by atoms with Crippen LogP contribution in [0.3, 0.4) is 0 Å². The minimum Gasteiger partial charge on any atom is -0.478 e. The fraction of sp³-hybridized carbons (Fsp3) is 0.111. The summed E-state index contributed by atoms with van der Waals surface area (Å²) in [4.78, 5) is 11.4. The Morgan fingerprint density at radius 2 is 2.18 bits per heavy atom. The minimum absolute atomic E-state index is 0. The Balaban J connectivity index is 0.00000128. The SMILES string of the molecule is Cn1c(=NN)sc2cc(C(=O)O)ccc21.N.O. The molecule has 0 bridgehead atoms. The summed E-state index contributed by atoms with van der Waals surface area (Å²) in [5.41, 5.74) is 1.20. The van der Waals surface area contributed by atoms with Gasteiger partial charge in [-0.3, -0.25) is 0 Å². The Morgan fingerprint density at radius 1 is 1.53 bits per heavy atom. The Morgan fingerprint density at radius 3 is 2.71 bits per heavy atom. The zero-order chi connectivity index (χ0) is 11.0. The lowest BCUT2D eigenvalue weighted by Gasteiger charge is -1.96. The highest BCUT2D eigenvalue weighted by molar-refractivity contribution is 7.16. The van der Waals surface area contributed by atoms with E-state index in [0.717, 1.165) is 10.2 Å². The molecular formula is C9H14N4O3S. The van der Waals surface area contributed by atoms with Crippen molar-refractivity contribution in [2.45, 2.75) is 0 Å². The quantitative estimate of drug-likeness (QED) is 0.489. The summed E-state index contributed by atoms with van der Waals surface area (Å²) >= 11 is 1.36. The van der Waals surface area contributed by atoms with Gasteiger partial charge in [-0.1, -0.05) is 11.3 Å². The maximum atomic E-state index is 10.8. The molecule has 0 amide bonds. The number of benzene rings is 1. The molecule has 2 rings (SSSR count). The van der Waals surface area contributed by atoms with E-state index in [0.29, 0.717) is 4.80 Å². The van der Waals surface area contributed by atoms with Crippen molar-refractivity contribution in [1.29, 1.82) is 0 Å². The van der Waals surface area contributed by atoms with Crippen LogP contribution in [0.15, 0.2) is 23.3 Å². The van der Waals surface area contributed by atoms with Crippen molar-refractivity contribution in [1.82, 2.24) is 10.7 Å². The molecule has 0 atom stereocenters. The van der Waals surface area contributed by atoms with Gasteiger partial charge in [0.15, 0.2) is 0 Å². The number of aromatic carboxylic acids is 1. The van der Waals surface area contributed by atoms with Crippen LogP contribution in [-0.4, -0.2) is 21.1 Å². The van der Waals surface area contributed by atoms with Gasteiger partial charge in [0, 0.05) is 7.05 Å². The lowest BCUT2D eigenvalue weighted by Crippen LogP contribution is -2.12. The van der Waals surface area contributed by atoms with E-state index in [1.54, 1.807) is 18.2 Å². The monoisotopic (exact) mass is 258 g/mol. The second-order valence-electron chi connectivity index (χ2n) is 3.06. The predicted molar refractivity (Wildman–Crippen MR) is 66.1 cm³/mol. The summed E-state index contributed by atoms with van der Waals surface area (Å²) in [5.74, 6) is 4.28. The van der Waals surface area contributed by atoms with E-state index in [-0.39, 0.29) is 17.2 Å². The summed E-state index contributed by atoms with van der Waals surface area (Å²) in [7, 11) is 1.84. The van der Waals surface area contributed by atoms with Gasteiger partial charge in [0.2, 0.25) is 4.80 Å². The van der Waals surface area contributed by atoms with Gasteiger partial charge >= 0.3 is 5.97 Å². The van der Waals surface area contributed by atoms with Crippen molar-refractivity contribution in [2.75, 3.05) is 0 Å². The smallest absolute Gasteiger partial charge is 0.335 e. The molecule has 0 aliphatic heterocycles. The van der Waals surface area contributed by atoms with Crippen LogP contribution in [0.2, 0.25) is 0 Å². The van der Waals surface area contributed by atoms with Gasteiger partial charge in [-0.05, 0) is 18.2 Å². The van der Waals surface area contributed by atoms with Gasteiger partial charge in [0.1, 0.15) is 0 Å². The maximum Gasteiger partial charge on any atom is 0.335 e. The van der Waals surface area contributed by atoms with Crippen LogP contribution in [0, 0.1) is 0 Å². The third-order valence-corrected chi connectivity index (χ3v) is 3.28. The Bertz CT molecular complexity index is 602. The summed E-state index contributed by atoms with van der Waals surface area (Å²) < 4.78 is 2.69. The number of hydrogen-bond acceptors (Lipinski definition) is 5. The van der Waals surface area contributed by atoms with Crippen molar-refractivity contribution >= 4 is 27.5 Å². The number of thiazole rings is 1. The molecule has 1 heterocycles. The molecular weight excluding hydrogens is 244 g/mol. The number of rotatable bonds is 1. The fourth-order valence-corrected chi connectivity index (χ4v) is 2.37. The highest BCUT2D eigenvalue weighted by Crippen LogP contribution is 2.18. The topological polar surface area (TPSA) is 147 Å². The molecule has 0 saturated carbocycles. The molecule has 0 radical (unpaired) electrons. The Kier molecular flexibility index (Phi) is 4.83. The van der Waals surface area contributed by atoms with Crippen molar-refractivity contribution in [3.8, 4) is 0 Å². The number of carboxylic acid groups (broad SMARTS) is 1. The lowest BCUT2D eigenvalue weighted by molar-refractivity contribution is 0.0697. The molecule has 2 aromatic rings. The highest BCUT2D eigenvalue weighted by Gasteiger charge is 2.07. The normalized spacial score (nSPS) is 10.8. The molecule has 17 heavy (non-hydrogen) atoms. The first kappa shape index (κ1) is 15.1. The molecule has 0 saturated heterocycles. The molecule has 0 fully saturated rings. The van der Waals surface area contributed by atoms with E-state index in [2.05, 4.69) is 5.10 Å². The first-order chi connectivity index (χ1) is 7.13. The van der Waals surface area contributed by atoms with E-state index in [1.165, 1.54) is 11.3 Å². The third-order valence-electron chi connectivity index (χ3n) is 2.17. The average molecular weight is 258 g/mol. The molecule has 0 unspecified atom stereocenters. The zero-order valence-corrected chi connectivity index (χ0v) is 9.99. The molecule has 1 aromatic heterocycles. The molecule has 0 aliphatic rings. The van der Waals surface area contributed by atoms with E-state index in [4.69, 9.17) is 10.9 Å². The van der Waals surface area contributed by atoms with Crippen LogP contribution in [-0.2, 0) is 7.05 Å². The van der Waals surface area contributed by atoms with Crippen LogP contribution >= 0.6 is 11.3 Å². The molecule has 94 valence electrons. The van der Waals surface area contributed by atoms with E-state index < -0.39 is 5.97 Å². The number of nitrogens with zero attached hydrogens (tertiary/aromatic N) is 2. The van der Waals surface area contributed by atoms with Gasteiger partial charge in [-0.2, -0.15) is 5.10 Å². The third kappa shape index (κ3) is 2.44. The predicted octanol–water partition coefficient (Wildman–Crippen LogP) is 0.0497. The van der Waals surface area contributed by atoms with E-state index in [1.807, 2.05) is 11.6 Å². The van der Waals surface area contributed by atoms with E-state index >= 15 is 0 Å². The summed E-state index contributed by atoms with van der Waals surface area (Å²) in [6.45, 7) is 0. The second-order valence-corrected chi connectivity index (χ2v) is 4.07. The van der Waals surface area contributed by atoms with Crippen LogP contribution in [0.5, 0.6) is 0 Å². The largest absolute Gasteiger partial charge is 0.478 e. The number of carboxylic acids is 1. The fourth-order valence-electron chi connectivity index (χ4n) is 1.39. The highest BCUT2D eigenvalue weighted by atomic mass is 32.1. The van der Waals surface area contributed by atoms with Crippen LogP contribution in [0.1, 0.15) is 10.4 Å². The Labute approximate surface area is 101 Å². The number of nitrogens with two attached hydrogens (primary N) is 1. The minimum atomic E-state index is -0.931. The maximum absolute atomic E-state index is 10.8. The molecule has 0 aliphatic carbocycles. The molecule has 1 aromatic carbocycles. The van der Waals surface area contributed by atoms with Crippen molar-refractivity contribution in [3.63, 3.8) is 0 Å². The van der Waals surface area contributed by atoms with Crippen LogP contribution < -0.4 is 16.8 Å². The van der Waals surface area contributed by atoms with Crippen molar-refractivity contribution in [3.05, 3.63) is 28.6 Å². The number of aryl methyl sites for hydroxylation is 1. The summed E-state index contributed by atoms with van der Waals surface area (Å²) in [6.07, 6.45) is 0. The molecule has 0 spiro atoms. The number of hydrogen-bond donors (Lipinski definition) is 3. The average Bonchev–Trinajstić information content (AvgIpc) is 2.55. The van der Waals surface area contributed by atoms with Crippen LogP contribution in [0.25, 0.3) is 10.2 Å². The van der Waals surface area contributed by atoms with Gasteiger partial charge in [-0.25, -0.2) is 4.79 Å². The zero-order valence-electron chi connectivity index (χ0n) is 9.17. The number of carbonyl (C=O) groups is 1.